The van der Waals surface area contributed by atoms with E-state index in [1.807, 2.05) is 0 Å². The van der Waals surface area contributed by atoms with Crippen LogP contribution in [-0.4, -0.2) is 44.7 Å². The van der Waals surface area contributed by atoms with E-state index in [0.29, 0.717) is 16.6 Å². The van der Waals surface area contributed by atoms with E-state index in [1.54, 1.807) is 18.2 Å². The topological polar surface area (TPSA) is 105 Å². The van der Waals surface area contributed by atoms with Crippen LogP contribution in [0.2, 0.25) is 10.0 Å². The number of anilines is 1. The largest absolute Gasteiger partial charge is 0.394 e. The molecule has 0 radical (unpaired) electrons. The van der Waals surface area contributed by atoms with Gasteiger partial charge in [-0.2, -0.15) is 4.39 Å². The first-order valence-corrected chi connectivity index (χ1v) is 8.78. The number of rotatable bonds is 8. The van der Waals surface area contributed by atoms with E-state index in [9.17, 15) is 9.18 Å². The number of nitrogens with zero attached hydrogens (tertiary/aromatic N) is 3. The minimum Gasteiger partial charge on any atom is -0.394 e. The van der Waals surface area contributed by atoms with Crippen molar-refractivity contribution in [2.75, 3.05) is 25.1 Å². The number of aliphatic hydroxyl groups excluding tert-OH is 1. The summed E-state index contributed by atoms with van der Waals surface area (Å²) in [6.45, 7) is 0.661. The highest BCUT2D eigenvalue weighted by Gasteiger charge is 2.16. The highest BCUT2D eigenvalue weighted by atomic mass is 35.5. The smallest absolute Gasteiger partial charge is 0.278 e. The van der Waals surface area contributed by atoms with Crippen molar-refractivity contribution < 1.29 is 14.2 Å². The Balaban J connectivity index is 1.78. The average Bonchev–Trinajstić information content (AvgIpc) is 2.96. The minimum atomic E-state index is -0.851. The molecule has 2 heterocycles. The summed E-state index contributed by atoms with van der Waals surface area (Å²) >= 11 is 11.8. The molecule has 3 rings (SSSR count). The second kappa shape index (κ2) is 8.66. The molecule has 11 heteroatoms. The van der Waals surface area contributed by atoms with Crippen LogP contribution in [0.1, 0.15) is 5.56 Å². The molecule has 0 unspecified atom stereocenters. The van der Waals surface area contributed by atoms with E-state index in [0.717, 1.165) is 5.56 Å². The number of aromatic nitrogens is 4. The molecule has 0 aliphatic rings. The molecule has 0 atom stereocenters. The Labute approximate surface area is 162 Å². The van der Waals surface area contributed by atoms with Gasteiger partial charge in [-0.05, 0) is 17.7 Å². The molecule has 0 saturated carbocycles. The SMILES string of the molecule is O=c1[nH]c(NCc2ccc(Cl)c(Cl)c2)nc2c(F)nn(CCOCCO)c12. The minimum absolute atomic E-state index is 0.0141. The van der Waals surface area contributed by atoms with Crippen molar-refractivity contribution >= 4 is 40.2 Å². The summed E-state index contributed by atoms with van der Waals surface area (Å²) in [5.41, 5.74) is 0.150. The third-order valence-electron chi connectivity index (χ3n) is 3.68. The molecular formula is C16H16Cl2FN5O3. The number of hydrogen-bond acceptors (Lipinski definition) is 6. The predicted octanol–water partition coefficient (Wildman–Crippen LogP) is 2.19. The quantitative estimate of drug-likeness (QED) is 0.487. The molecule has 0 amide bonds. The average molecular weight is 416 g/mol. The van der Waals surface area contributed by atoms with Crippen molar-refractivity contribution in [2.24, 2.45) is 0 Å². The van der Waals surface area contributed by atoms with Gasteiger partial charge in [0.05, 0.1) is 36.4 Å². The van der Waals surface area contributed by atoms with Crippen LogP contribution in [-0.2, 0) is 17.8 Å². The monoisotopic (exact) mass is 415 g/mol. The highest BCUT2D eigenvalue weighted by molar-refractivity contribution is 6.42. The molecule has 0 bridgehead atoms. The summed E-state index contributed by atoms with van der Waals surface area (Å²) < 4.78 is 20.4. The fourth-order valence-electron chi connectivity index (χ4n) is 2.45. The Bertz CT molecular complexity index is 1010. The third kappa shape index (κ3) is 4.56. The lowest BCUT2D eigenvalue weighted by Crippen LogP contribution is -2.17. The van der Waals surface area contributed by atoms with E-state index in [4.69, 9.17) is 33.0 Å². The fraction of sp³-hybridized carbons (Fsp3) is 0.312. The van der Waals surface area contributed by atoms with Crippen molar-refractivity contribution in [3.63, 3.8) is 0 Å². The van der Waals surface area contributed by atoms with Crippen LogP contribution in [0, 0.1) is 5.95 Å². The Morgan fingerprint density at radius 2 is 2.11 bits per heavy atom. The number of halogens is 3. The van der Waals surface area contributed by atoms with Crippen molar-refractivity contribution in [1.29, 1.82) is 0 Å². The van der Waals surface area contributed by atoms with Crippen LogP contribution in [0.4, 0.5) is 10.3 Å². The molecule has 0 aliphatic carbocycles. The van der Waals surface area contributed by atoms with Gasteiger partial charge in [0.25, 0.3) is 11.5 Å². The molecular weight excluding hydrogens is 400 g/mol. The van der Waals surface area contributed by atoms with Crippen LogP contribution in [0.3, 0.4) is 0 Å². The number of ether oxygens (including phenoxy) is 1. The molecule has 1 aromatic carbocycles. The van der Waals surface area contributed by atoms with E-state index in [1.165, 1.54) is 4.68 Å². The van der Waals surface area contributed by atoms with Crippen LogP contribution < -0.4 is 10.9 Å². The van der Waals surface area contributed by atoms with Gasteiger partial charge in [0.15, 0.2) is 11.0 Å². The van der Waals surface area contributed by atoms with Gasteiger partial charge in [-0.1, -0.05) is 29.3 Å². The van der Waals surface area contributed by atoms with Crippen molar-refractivity contribution in [2.45, 2.75) is 13.1 Å². The number of aromatic amines is 1. The van der Waals surface area contributed by atoms with Gasteiger partial charge in [-0.15, -0.1) is 5.10 Å². The fourth-order valence-corrected chi connectivity index (χ4v) is 2.77. The summed E-state index contributed by atoms with van der Waals surface area (Å²) in [5.74, 6) is -0.746. The summed E-state index contributed by atoms with van der Waals surface area (Å²) in [6, 6.07) is 5.10. The second-order valence-electron chi connectivity index (χ2n) is 5.56. The molecule has 27 heavy (non-hydrogen) atoms. The second-order valence-corrected chi connectivity index (χ2v) is 6.38. The molecule has 8 nitrogen and oxygen atoms in total. The Kier molecular flexibility index (Phi) is 6.27. The van der Waals surface area contributed by atoms with Gasteiger partial charge in [0.1, 0.15) is 0 Å². The molecule has 3 N–H and O–H groups in total. The van der Waals surface area contributed by atoms with Gasteiger partial charge in [0, 0.05) is 6.54 Å². The zero-order valence-corrected chi connectivity index (χ0v) is 15.5. The van der Waals surface area contributed by atoms with E-state index in [-0.39, 0.29) is 43.3 Å². The number of benzene rings is 1. The van der Waals surface area contributed by atoms with Crippen LogP contribution in [0.15, 0.2) is 23.0 Å². The van der Waals surface area contributed by atoms with Gasteiger partial charge in [-0.25, -0.2) is 4.98 Å². The maximum absolute atomic E-state index is 14.1. The van der Waals surface area contributed by atoms with Crippen LogP contribution in [0.25, 0.3) is 11.0 Å². The molecule has 0 spiro atoms. The molecule has 0 saturated heterocycles. The normalized spacial score (nSPS) is 11.3. The third-order valence-corrected chi connectivity index (χ3v) is 4.42. The summed E-state index contributed by atoms with van der Waals surface area (Å²) in [6.07, 6.45) is 0. The van der Waals surface area contributed by atoms with Gasteiger partial charge in [0.2, 0.25) is 5.95 Å². The Hall–Kier alpha value is -2.20. The van der Waals surface area contributed by atoms with Gasteiger partial charge < -0.3 is 15.2 Å². The summed E-state index contributed by atoms with van der Waals surface area (Å²) in [7, 11) is 0. The first-order valence-electron chi connectivity index (χ1n) is 8.02. The van der Waals surface area contributed by atoms with Crippen molar-refractivity contribution in [1.82, 2.24) is 19.7 Å². The number of nitrogens with one attached hydrogen (secondary N) is 2. The first kappa shape index (κ1) is 19.6. The Morgan fingerprint density at radius 1 is 1.30 bits per heavy atom. The van der Waals surface area contributed by atoms with Gasteiger partial charge in [-0.3, -0.25) is 14.5 Å². The first-order chi connectivity index (χ1) is 13.0. The maximum atomic E-state index is 14.1. The number of aliphatic hydroxyl groups is 1. The molecule has 0 fully saturated rings. The van der Waals surface area contributed by atoms with Crippen LogP contribution in [0.5, 0.6) is 0 Å². The molecule has 2 aromatic heterocycles. The summed E-state index contributed by atoms with van der Waals surface area (Å²) in [5, 5.41) is 16.1. The van der Waals surface area contributed by atoms with Crippen molar-refractivity contribution in [3.8, 4) is 0 Å². The predicted molar refractivity (Wildman–Crippen MR) is 99.8 cm³/mol. The zero-order chi connectivity index (χ0) is 19.4. The maximum Gasteiger partial charge on any atom is 0.278 e. The Morgan fingerprint density at radius 3 is 2.85 bits per heavy atom. The van der Waals surface area contributed by atoms with Crippen LogP contribution >= 0.6 is 23.2 Å². The number of fused-ring (bicyclic) bond motifs is 1. The lowest BCUT2D eigenvalue weighted by Gasteiger charge is -2.07. The molecule has 0 aliphatic heterocycles. The number of H-pyrrole nitrogens is 1. The van der Waals surface area contributed by atoms with E-state index < -0.39 is 11.5 Å². The standard InChI is InChI=1S/C16H16Cl2FN5O3/c17-10-2-1-9(7-11(10)18)8-20-16-21-12-13(15(26)22-16)24(23-14(12)19)3-5-27-6-4-25/h1-2,7,25H,3-6,8H2,(H2,20,21,22,26). The highest BCUT2D eigenvalue weighted by Crippen LogP contribution is 2.23. The van der Waals surface area contributed by atoms with E-state index >= 15 is 0 Å². The van der Waals surface area contributed by atoms with E-state index in [2.05, 4.69) is 20.4 Å². The molecule has 144 valence electrons. The lowest BCUT2D eigenvalue weighted by molar-refractivity contribution is 0.0857. The number of hydrogen-bond donors (Lipinski definition) is 3. The summed E-state index contributed by atoms with van der Waals surface area (Å²) in [4.78, 5) is 19.0. The van der Waals surface area contributed by atoms with Crippen molar-refractivity contribution in [3.05, 3.63) is 50.1 Å². The van der Waals surface area contributed by atoms with Gasteiger partial charge >= 0.3 is 0 Å². The lowest BCUT2D eigenvalue weighted by atomic mass is 10.2. The molecule has 3 aromatic rings. The zero-order valence-electron chi connectivity index (χ0n) is 14.0.